The van der Waals surface area contributed by atoms with E-state index < -0.39 is 16.1 Å². The van der Waals surface area contributed by atoms with Gasteiger partial charge in [0.1, 0.15) is 5.82 Å². The monoisotopic (exact) mass is 288 g/mol. The van der Waals surface area contributed by atoms with Crippen molar-refractivity contribution in [2.24, 2.45) is 0 Å². The van der Waals surface area contributed by atoms with E-state index in [9.17, 15) is 12.8 Å². The van der Waals surface area contributed by atoms with Gasteiger partial charge in [0, 0.05) is 12.6 Å². The van der Waals surface area contributed by atoms with Gasteiger partial charge in [-0.15, -0.1) is 0 Å². The molecule has 0 radical (unpaired) electrons. The number of hydrogen-bond acceptors (Lipinski definition) is 3. The van der Waals surface area contributed by atoms with Crippen LogP contribution in [0.3, 0.4) is 0 Å². The number of sulfonamides is 1. The van der Waals surface area contributed by atoms with E-state index in [4.69, 9.17) is 0 Å². The summed E-state index contributed by atoms with van der Waals surface area (Å²) in [6.07, 6.45) is 0. The molecule has 1 rings (SSSR count). The molecule has 1 aromatic carbocycles. The Bertz CT molecular complexity index is 517. The molecule has 0 amide bonds. The highest BCUT2D eigenvalue weighted by molar-refractivity contribution is 7.89. The van der Waals surface area contributed by atoms with Crippen LogP contribution < -0.4 is 10.0 Å². The molecule has 108 valence electrons. The summed E-state index contributed by atoms with van der Waals surface area (Å²) in [4.78, 5) is 0. The maximum atomic E-state index is 13.4. The minimum Gasteiger partial charge on any atom is -0.316 e. The maximum Gasteiger partial charge on any atom is 0.213 e. The van der Waals surface area contributed by atoms with Crippen molar-refractivity contribution in [1.29, 1.82) is 0 Å². The SMILES string of the molecule is CCNCCS(=O)(=O)NC(C)c1ccc(C)c(F)c1. The minimum absolute atomic E-state index is 0.0134. The molecule has 19 heavy (non-hydrogen) atoms. The summed E-state index contributed by atoms with van der Waals surface area (Å²) in [7, 11) is -3.36. The summed E-state index contributed by atoms with van der Waals surface area (Å²) in [6.45, 7) is 6.42. The first-order chi connectivity index (χ1) is 8.85. The van der Waals surface area contributed by atoms with Gasteiger partial charge in [-0.05, 0) is 37.6 Å². The van der Waals surface area contributed by atoms with Crippen LogP contribution in [0.1, 0.15) is 31.0 Å². The lowest BCUT2D eigenvalue weighted by atomic mass is 10.1. The van der Waals surface area contributed by atoms with Gasteiger partial charge in [0.2, 0.25) is 10.0 Å². The van der Waals surface area contributed by atoms with Gasteiger partial charge in [-0.25, -0.2) is 17.5 Å². The third kappa shape index (κ3) is 5.26. The number of nitrogens with one attached hydrogen (secondary N) is 2. The van der Waals surface area contributed by atoms with Crippen LogP contribution in [0, 0.1) is 12.7 Å². The molecule has 0 spiro atoms. The van der Waals surface area contributed by atoms with Crippen LogP contribution in [-0.4, -0.2) is 27.3 Å². The maximum absolute atomic E-state index is 13.4. The van der Waals surface area contributed by atoms with Crippen LogP contribution in [0.4, 0.5) is 4.39 Å². The topological polar surface area (TPSA) is 58.2 Å². The third-order valence-electron chi connectivity index (χ3n) is 2.85. The molecule has 0 saturated heterocycles. The van der Waals surface area contributed by atoms with Crippen LogP contribution in [0.2, 0.25) is 0 Å². The van der Waals surface area contributed by atoms with E-state index in [1.54, 1.807) is 26.0 Å². The normalized spacial score (nSPS) is 13.5. The molecule has 0 aromatic heterocycles. The summed E-state index contributed by atoms with van der Waals surface area (Å²) in [5.74, 6) is -0.310. The number of benzene rings is 1. The number of halogens is 1. The Morgan fingerprint density at radius 1 is 1.37 bits per heavy atom. The Balaban J connectivity index is 2.67. The van der Waals surface area contributed by atoms with Crippen molar-refractivity contribution in [2.75, 3.05) is 18.8 Å². The van der Waals surface area contributed by atoms with Crippen molar-refractivity contribution in [2.45, 2.75) is 26.8 Å². The van der Waals surface area contributed by atoms with Gasteiger partial charge in [0.15, 0.2) is 0 Å². The van der Waals surface area contributed by atoms with Crippen molar-refractivity contribution in [3.05, 3.63) is 35.1 Å². The molecular weight excluding hydrogens is 267 g/mol. The number of hydrogen-bond donors (Lipinski definition) is 2. The lowest BCUT2D eigenvalue weighted by molar-refractivity contribution is 0.561. The van der Waals surface area contributed by atoms with E-state index >= 15 is 0 Å². The summed E-state index contributed by atoms with van der Waals surface area (Å²) in [5.41, 5.74) is 1.17. The van der Waals surface area contributed by atoms with Crippen LogP contribution in [-0.2, 0) is 10.0 Å². The molecule has 1 unspecified atom stereocenters. The fraction of sp³-hybridized carbons (Fsp3) is 0.538. The lowest BCUT2D eigenvalue weighted by Gasteiger charge is -2.15. The summed E-state index contributed by atoms with van der Waals surface area (Å²) >= 11 is 0. The summed E-state index contributed by atoms with van der Waals surface area (Å²) in [5, 5.41) is 2.95. The Morgan fingerprint density at radius 2 is 2.05 bits per heavy atom. The van der Waals surface area contributed by atoms with Crippen molar-refractivity contribution >= 4 is 10.0 Å². The quantitative estimate of drug-likeness (QED) is 0.751. The second-order valence-corrected chi connectivity index (χ2v) is 6.39. The van der Waals surface area contributed by atoms with Crippen LogP contribution >= 0.6 is 0 Å². The van der Waals surface area contributed by atoms with Gasteiger partial charge in [-0.3, -0.25) is 0 Å². The van der Waals surface area contributed by atoms with E-state index in [2.05, 4.69) is 10.0 Å². The zero-order valence-electron chi connectivity index (χ0n) is 11.5. The molecule has 2 N–H and O–H groups in total. The molecular formula is C13H21FN2O2S. The largest absolute Gasteiger partial charge is 0.316 e. The molecule has 0 aliphatic heterocycles. The van der Waals surface area contributed by atoms with Gasteiger partial charge in [-0.2, -0.15) is 0 Å². The number of aryl methyl sites for hydroxylation is 1. The molecule has 0 saturated carbocycles. The molecule has 1 aromatic rings. The third-order valence-corrected chi connectivity index (χ3v) is 4.30. The van der Waals surface area contributed by atoms with Crippen LogP contribution in [0.5, 0.6) is 0 Å². The van der Waals surface area contributed by atoms with Crippen LogP contribution in [0.15, 0.2) is 18.2 Å². The van der Waals surface area contributed by atoms with Gasteiger partial charge in [0.05, 0.1) is 5.75 Å². The highest BCUT2D eigenvalue weighted by atomic mass is 32.2. The Hall–Kier alpha value is -0.980. The van der Waals surface area contributed by atoms with Gasteiger partial charge in [-0.1, -0.05) is 19.1 Å². The minimum atomic E-state index is -3.36. The van der Waals surface area contributed by atoms with E-state index in [-0.39, 0.29) is 11.6 Å². The molecule has 4 nitrogen and oxygen atoms in total. The molecule has 0 heterocycles. The molecule has 1 atom stereocenters. The second-order valence-electron chi connectivity index (χ2n) is 4.52. The zero-order valence-corrected chi connectivity index (χ0v) is 12.3. The van der Waals surface area contributed by atoms with Crippen molar-refractivity contribution in [1.82, 2.24) is 10.0 Å². The Morgan fingerprint density at radius 3 is 2.63 bits per heavy atom. The molecule has 0 bridgehead atoms. The van der Waals surface area contributed by atoms with E-state index in [0.29, 0.717) is 17.7 Å². The molecule has 0 aliphatic carbocycles. The first kappa shape index (κ1) is 16.1. The van der Waals surface area contributed by atoms with E-state index in [1.165, 1.54) is 6.07 Å². The highest BCUT2D eigenvalue weighted by Gasteiger charge is 2.16. The number of rotatable bonds is 7. The average molecular weight is 288 g/mol. The fourth-order valence-electron chi connectivity index (χ4n) is 1.66. The summed E-state index contributed by atoms with van der Waals surface area (Å²) in [6, 6.07) is 4.30. The molecule has 0 aliphatic rings. The van der Waals surface area contributed by atoms with Crippen molar-refractivity contribution in [3.63, 3.8) is 0 Å². The fourth-order valence-corrected chi connectivity index (χ4v) is 2.86. The first-order valence-corrected chi connectivity index (χ1v) is 7.97. The molecule has 6 heteroatoms. The van der Waals surface area contributed by atoms with Crippen LogP contribution in [0.25, 0.3) is 0 Å². The Kier molecular flexibility index (Phi) is 5.90. The van der Waals surface area contributed by atoms with Gasteiger partial charge >= 0.3 is 0 Å². The van der Waals surface area contributed by atoms with Crippen molar-refractivity contribution < 1.29 is 12.8 Å². The lowest BCUT2D eigenvalue weighted by Crippen LogP contribution is -2.33. The van der Waals surface area contributed by atoms with Crippen molar-refractivity contribution in [3.8, 4) is 0 Å². The second kappa shape index (κ2) is 6.98. The standard InChI is InChI=1S/C13H21FN2O2S/c1-4-15-7-8-19(17,18)16-11(3)12-6-5-10(2)13(14)9-12/h5-6,9,11,15-16H,4,7-8H2,1-3H3. The summed E-state index contributed by atoms with van der Waals surface area (Å²) < 4.78 is 39.6. The predicted octanol–water partition coefficient (Wildman–Crippen LogP) is 1.72. The smallest absolute Gasteiger partial charge is 0.213 e. The molecule has 0 fully saturated rings. The average Bonchev–Trinajstić information content (AvgIpc) is 2.32. The van der Waals surface area contributed by atoms with E-state index in [0.717, 1.165) is 6.54 Å². The zero-order chi connectivity index (χ0) is 14.5. The van der Waals surface area contributed by atoms with E-state index in [1.807, 2.05) is 6.92 Å². The highest BCUT2D eigenvalue weighted by Crippen LogP contribution is 2.17. The predicted molar refractivity (Wildman–Crippen MR) is 75.0 cm³/mol. The first-order valence-electron chi connectivity index (χ1n) is 6.32. The van der Waals surface area contributed by atoms with Gasteiger partial charge < -0.3 is 5.32 Å². The Labute approximate surface area is 114 Å². The van der Waals surface area contributed by atoms with Gasteiger partial charge in [0.25, 0.3) is 0 Å².